The van der Waals surface area contributed by atoms with Crippen LogP contribution in [0.2, 0.25) is 0 Å². The number of hydrogen-bond donors (Lipinski definition) is 0. The van der Waals surface area contributed by atoms with E-state index in [1.54, 1.807) is 0 Å². The number of benzene rings is 1. The van der Waals surface area contributed by atoms with Gasteiger partial charge in [-0.3, -0.25) is 4.79 Å². The molecule has 0 unspecified atom stereocenters. The van der Waals surface area contributed by atoms with Gasteiger partial charge in [0.05, 0.1) is 4.88 Å². The molecule has 0 atom stereocenters. The minimum absolute atomic E-state index is 0. The molecule has 0 spiro atoms. The van der Waals surface area contributed by atoms with Crippen LogP contribution in [0.4, 0.5) is 0 Å². The average Bonchev–Trinajstić information content (AvgIpc) is 2.91. The second-order valence-corrected chi connectivity index (χ2v) is 7.26. The van der Waals surface area contributed by atoms with Gasteiger partial charge in [0.2, 0.25) is 0 Å². The molecule has 1 amide bonds. The van der Waals surface area contributed by atoms with Crippen molar-refractivity contribution in [3.05, 3.63) is 64.2 Å². The Morgan fingerprint density at radius 2 is 1.88 bits per heavy atom. The SMILES string of the molecule is C.Cc1cc(C)c2cc(C(=O)N3CC(c4ccccc4)C3)sc2n1. The second-order valence-electron chi connectivity index (χ2n) is 6.23. The molecule has 1 fully saturated rings. The standard InChI is InChI=1S/C19H18N2OS.CH4/c1-12-8-13(2)20-18-16(12)9-17(23-18)19(22)21-10-15(11-21)14-6-4-3-5-7-14;/h3-9,15H,10-11H2,1-2H3;1H4. The number of carbonyl (C=O) groups is 1. The van der Waals surface area contributed by atoms with Crippen LogP contribution < -0.4 is 0 Å². The van der Waals surface area contributed by atoms with E-state index < -0.39 is 0 Å². The molecule has 24 heavy (non-hydrogen) atoms. The number of aromatic nitrogens is 1. The Morgan fingerprint density at radius 1 is 1.17 bits per heavy atom. The van der Waals surface area contributed by atoms with Crippen molar-refractivity contribution < 1.29 is 4.79 Å². The van der Waals surface area contributed by atoms with Gasteiger partial charge in [0.15, 0.2) is 0 Å². The van der Waals surface area contributed by atoms with E-state index in [1.165, 1.54) is 22.5 Å². The fourth-order valence-corrected chi connectivity index (χ4v) is 4.29. The van der Waals surface area contributed by atoms with Crippen molar-refractivity contribution in [1.29, 1.82) is 0 Å². The Morgan fingerprint density at radius 3 is 2.58 bits per heavy atom. The van der Waals surface area contributed by atoms with Gasteiger partial charge < -0.3 is 4.90 Å². The van der Waals surface area contributed by atoms with Crippen LogP contribution in [0.15, 0.2) is 42.5 Å². The lowest BCUT2D eigenvalue weighted by molar-refractivity contribution is 0.0607. The minimum Gasteiger partial charge on any atom is -0.337 e. The van der Waals surface area contributed by atoms with Crippen LogP contribution in [-0.2, 0) is 0 Å². The Kier molecular flexibility index (Phi) is 4.41. The molecule has 3 nitrogen and oxygen atoms in total. The van der Waals surface area contributed by atoms with Crippen LogP contribution in [0.3, 0.4) is 0 Å². The van der Waals surface area contributed by atoms with Gasteiger partial charge in [0, 0.05) is 30.1 Å². The van der Waals surface area contributed by atoms with E-state index in [9.17, 15) is 4.79 Å². The fourth-order valence-electron chi connectivity index (χ4n) is 3.17. The molecule has 2 aromatic heterocycles. The Bertz CT molecular complexity index is 879. The third kappa shape index (κ3) is 2.82. The number of hydrogen-bond acceptors (Lipinski definition) is 3. The van der Waals surface area contributed by atoms with Crippen LogP contribution in [0.5, 0.6) is 0 Å². The molecule has 1 aliphatic heterocycles. The Balaban J connectivity index is 0.00000169. The normalized spacial score (nSPS) is 14.3. The van der Waals surface area contributed by atoms with Crippen LogP contribution in [0.1, 0.15) is 39.8 Å². The van der Waals surface area contributed by atoms with Crippen LogP contribution in [0, 0.1) is 13.8 Å². The average molecular weight is 338 g/mol. The number of thiophene rings is 1. The molecule has 0 saturated carbocycles. The zero-order chi connectivity index (χ0) is 16.0. The summed E-state index contributed by atoms with van der Waals surface area (Å²) in [5.41, 5.74) is 3.51. The van der Waals surface area contributed by atoms with Crippen LogP contribution in [-0.4, -0.2) is 28.9 Å². The molecule has 4 rings (SSSR count). The summed E-state index contributed by atoms with van der Waals surface area (Å²) in [4.78, 5) is 20.9. The Hall–Kier alpha value is -2.20. The van der Waals surface area contributed by atoms with Crippen molar-refractivity contribution in [2.24, 2.45) is 0 Å². The molecule has 1 saturated heterocycles. The molecular formula is C20H22N2OS. The summed E-state index contributed by atoms with van der Waals surface area (Å²) in [6.45, 7) is 5.69. The number of aryl methyl sites for hydroxylation is 2. The number of likely N-dealkylation sites (tertiary alicyclic amines) is 1. The summed E-state index contributed by atoms with van der Waals surface area (Å²) in [5.74, 6) is 0.605. The molecule has 124 valence electrons. The Labute approximate surface area is 147 Å². The third-order valence-corrected chi connectivity index (χ3v) is 5.51. The van der Waals surface area contributed by atoms with E-state index in [0.29, 0.717) is 5.92 Å². The van der Waals surface area contributed by atoms with E-state index in [1.807, 2.05) is 24.0 Å². The maximum Gasteiger partial charge on any atom is 0.264 e. The van der Waals surface area contributed by atoms with E-state index in [4.69, 9.17) is 0 Å². The lowest BCUT2D eigenvalue weighted by Gasteiger charge is -2.39. The highest BCUT2D eigenvalue weighted by Gasteiger charge is 2.32. The summed E-state index contributed by atoms with van der Waals surface area (Å²) < 4.78 is 0. The molecule has 0 aliphatic carbocycles. The second kappa shape index (κ2) is 6.36. The van der Waals surface area contributed by atoms with Crippen molar-refractivity contribution in [1.82, 2.24) is 9.88 Å². The maximum absolute atomic E-state index is 12.7. The number of pyridine rings is 1. The van der Waals surface area contributed by atoms with Crippen LogP contribution in [0.25, 0.3) is 10.2 Å². The number of rotatable bonds is 2. The van der Waals surface area contributed by atoms with Gasteiger partial charge in [-0.1, -0.05) is 37.8 Å². The molecule has 1 aromatic carbocycles. The molecule has 3 aromatic rings. The van der Waals surface area contributed by atoms with Gasteiger partial charge in [-0.05, 0) is 37.1 Å². The summed E-state index contributed by atoms with van der Waals surface area (Å²) in [5, 5.41) is 1.10. The predicted molar refractivity (Wildman–Crippen MR) is 101 cm³/mol. The molecular weight excluding hydrogens is 316 g/mol. The van der Waals surface area contributed by atoms with Gasteiger partial charge >= 0.3 is 0 Å². The summed E-state index contributed by atoms with van der Waals surface area (Å²) >= 11 is 1.51. The van der Waals surface area contributed by atoms with E-state index in [2.05, 4.69) is 42.2 Å². The van der Waals surface area contributed by atoms with E-state index in [0.717, 1.165) is 33.9 Å². The minimum atomic E-state index is 0. The topological polar surface area (TPSA) is 33.2 Å². The predicted octanol–water partition coefficient (Wildman–Crippen LogP) is 4.79. The summed E-state index contributed by atoms with van der Waals surface area (Å²) in [6, 6.07) is 14.5. The van der Waals surface area contributed by atoms with E-state index in [-0.39, 0.29) is 13.3 Å². The number of fused-ring (bicyclic) bond motifs is 1. The number of amides is 1. The lowest BCUT2D eigenvalue weighted by atomic mass is 9.91. The smallest absolute Gasteiger partial charge is 0.264 e. The van der Waals surface area contributed by atoms with Gasteiger partial charge in [-0.25, -0.2) is 4.98 Å². The highest BCUT2D eigenvalue weighted by molar-refractivity contribution is 7.20. The first-order chi connectivity index (χ1) is 11.1. The lowest BCUT2D eigenvalue weighted by Crippen LogP contribution is -2.48. The fraction of sp³-hybridized carbons (Fsp3) is 0.300. The third-order valence-electron chi connectivity index (χ3n) is 4.49. The maximum atomic E-state index is 12.7. The quantitative estimate of drug-likeness (QED) is 0.673. The first-order valence-electron chi connectivity index (χ1n) is 7.84. The highest BCUT2D eigenvalue weighted by Crippen LogP contribution is 2.32. The monoisotopic (exact) mass is 338 g/mol. The van der Waals surface area contributed by atoms with Crippen molar-refractivity contribution in [2.75, 3.05) is 13.1 Å². The molecule has 0 bridgehead atoms. The molecule has 0 radical (unpaired) electrons. The molecule has 1 aliphatic rings. The number of nitrogens with zero attached hydrogens (tertiary/aromatic N) is 2. The van der Waals surface area contributed by atoms with Crippen molar-refractivity contribution in [2.45, 2.75) is 27.2 Å². The van der Waals surface area contributed by atoms with Crippen molar-refractivity contribution in [3.63, 3.8) is 0 Å². The van der Waals surface area contributed by atoms with Crippen molar-refractivity contribution >= 4 is 27.5 Å². The molecule has 4 heteroatoms. The van der Waals surface area contributed by atoms with Gasteiger partial charge in [0.25, 0.3) is 5.91 Å². The van der Waals surface area contributed by atoms with Crippen LogP contribution >= 0.6 is 11.3 Å². The van der Waals surface area contributed by atoms with Crippen molar-refractivity contribution in [3.8, 4) is 0 Å². The van der Waals surface area contributed by atoms with E-state index >= 15 is 0 Å². The number of carbonyl (C=O) groups excluding carboxylic acids is 1. The zero-order valence-electron chi connectivity index (χ0n) is 13.2. The highest BCUT2D eigenvalue weighted by atomic mass is 32.1. The summed E-state index contributed by atoms with van der Waals surface area (Å²) in [6.07, 6.45) is 0. The molecule has 3 heterocycles. The van der Waals surface area contributed by atoms with Gasteiger partial charge in [-0.2, -0.15) is 0 Å². The molecule has 0 N–H and O–H groups in total. The zero-order valence-corrected chi connectivity index (χ0v) is 14.1. The van der Waals surface area contributed by atoms with Gasteiger partial charge in [0.1, 0.15) is 4.83 Å². The largest absolute Gasteiger partial charge is 0.337 e. The van der Waals surface area contributed by atoms with Gasteiger partial charge in [-0.15, -0.1) is 11.3 Å². The summed E-state index contributed by atoms with van der Waals surface area (Å²) in [7, 11) is 0. The first-order valence-corrected chi connectivity index (χ1v) is 8.65. The first kappa shape index (κ1) is 16.7.